The maximum absolute atomic E-state index is 5.07. The van der Waals surface area contributed by atoms with Crippen LogP contribution in [0.15, 0.2) is 22.8 Å². The van der Waals surface area contributed by atoms with Crippen molar-refractivity contribution in [2.24, 2.45) is 5.90 Å². The average molecular weight is 141 g/mol. The van der Waals surface area contributed by atoms with Crippen LogP contribution in [0.2, 0.25) is 0 Å². The molecule has 0 saturated heterocycles. The highest BCUT2D eigenvalue weighted by molar-refractivity contribution is 4.98. The van der Waals surface area contributed by atoms with Crippen LogP contribution in [0.1, 0.15) is 12.7 Å². The van der Waals surface area contributed by atoms with Gasteiger partial charge in [0.1, 0.15) is 5.76 Å². The summed E-state index contributed by atoms with van der Waals surface area (Å²) < 4.78 is 5.07. The fourth-order valence-corrected chi connectivity index (χ4v) is 0.760. The van der Waals surface area contributed by atoms with Crippen LogP contribution in [0.5, 0.6) is 0 Å². The van der Waals surface area contributed by atoms with E-state index in [2.05, 4.69) is 4.84 Å². The van der Waals surface area contributed by atoms with E-state index in [1.165, 1.54) is 0 Å². The van der Waals surface area contributed by atoms with Gasteiger partial charge in [0.15, 0.2) is 0 Å². The molecule has 1 heterocycles. The molecule has 1 aromatic heterocycles. The molecule has 10 heavy (non-hydrogen) atoms. The van der Waals surface area contributed by atoms with Gasteiger partial charge in [-0.3, -0.25) is 0 Å². The number of hydrogen-bond acceptors (Lipinski definition) is 3. The summed E-state index contributed by atoms with van der Waals surface area (Å²) >= 11 is 0. The lowest BCUT2D eigenvalue weighted by molar-refractivity contribution is 0.0635. The van der Waals surface area contributed by atoms with E-state index < -0.39 is 0 Å². The summed E-state index contributed by atoms with van der Waals surface area (Å²) in [4.78, 5) is 4.56. The third-order valence-corrected chi connectivity index (χ3v) is 1.30. The Kier molecular flexibility index (Phi) is 2.48. The first-order valence-corrected chi connectivity index (χ1v) is 3.21. The normalized spacial score (nSPS) is 13.4. The second-order valence-electron chi connectivity index (χ2n) is 2.23. The quantitative estimate of drug-likeness (QED) is 0.641. The second kappa shape index (κ2) is 3.39. The first kappa shape index (κ1) is 7.31. The second-order valence-corrected chi connectivity index (χ2v) is 2.23. The fourth-order valence-electron chi connectivity index (χ4n) is 0.760. The van der Waals surface area contributed by atoms with Crippen molar-refractivity contribution in [2.75, 3.05) is 0 Å². The molecule has 0 aliphatic heterocycles. The Bertz CT molecular complexity index is 172. The molecule has 3 nitrogen and oxygen atoms in total. The van der Waals surface area contributed by atoms with Crippen LogP contribution in [-0.4, -0.2) is 6.10 Å². The van der Waals surface area contributed by atoms with Crippen molar-refractivity contribution >= 4 is 0 Å². The highest BCUT2D eigenvalue weighted by Crippen LogP contribution is 2.04. The minimum atomic E-state index is 0.0196. The Morgan fingerprint density at radius 1 is 1.80 bits per heavy atom. The lowest BCUT2D eigenvalue weighted by atomic mass is 10.2. The molecule has 2 N–H and O–H groups in total. The van der Waals surface area contributed by atoms with E-state index in [1.54, 1.807) is 6.26 Å². The molecule has 0 fully saturated rings. The molecule has 56 valence electrons. The minimum absolute atomic E-state index is 0.0196. The Morgan fingerprint density at radius 3 is 3.10 bits per heavy atom. The Morgan fingerprint density at radius 2 is 2.60 bits per heavy atom. The monoisotopic (exact) mass is 141 g/mol. The van der Waals surface area contributed by atoms with Gasteiger partial charge in [-0.2, -0.15) is 0 Å². The van der Waals surface area contributed by atoms with E-state index in [9.17, 15) is 0 Å². The van der Waals surface area contributed by atoms with E-state index in [4.69, 9.17) is 10.3 Å². The molecular weight excluding hydrogens is 130 g/mol. The summed E-state index contributed by atoms with van der Waals surface area (Å²) in [5.74, 6) is 5.85. The zero-order valence-corrected chi connectivity index (χ0v) is 5.91. The first-order chi connectivity index (χ1) is 4.83. The molecule has 1 atom stereocenters. The molecule has 1 aromatic rings. The van der Waals surface area contributed by atoms with E-state index in [0.29, 0.717) is 0 Å². The van der Waals surface area contributed by atoms with Crippen LogP contribution in [0.4, 0.5) is 0 Å². The fraction of sp³-hybridized carbons (Fsp3) is 0.429. The summed E-state index contributed by atoms with van der Waals surface area (Å²) in [5.41, 5.74) is 0. The molecular formula is C7H11NO2. The van der Waals surface area contributed by atoms with Crippen molar-refractivity contribution in [3.63, 3.8) is 0 Å². The van der Waals surface area contributed by atoms with Gasteiger partial charge in [-0.1, -0.05) is 0 Å². The van der Waals surface area contributed by atoms with Crippen LogP contribution >= 0.6 is 0 Å². The first-order valence-electron chi connectivity index (χ1n) is 3.21. The molecule has 0 amide bonds. The lowest BCUT2D eigenvalue weighted by Crippen LogP contribution is -2.15. The molecule has 3 heteroatoms. The van der Waals surface area contributed by atoms with Crippen LogP contribution in [0.3, 0.4) is 0 Å². The maximum atomic E-state index is 5.07. The minimum Gasteiger partial charge on any atom is -0.469 e. The molecule has 0 aliphatic rings. The smallest absolute Gasteiger partial charge is 0.106 e. The molecule has 1 unspecified atom stereocenters. The average Bonchev–Trinajstić information content (AvgIpc) is 2.40. The molecule has 0 saturated carbocycles. The zero-order valence-electron chi connectivity index (χ0n) is 5.91. The Labute approximate surface area is 59.7 Å². The van der Waals surface area contributed by atoms with E-state index in [0.717, 1.165) is 12.2 Å². The van der Waals surface area contributed by atoms with Crippen molar-refractivity contribution < 1.29 is 9.25 Å². The Balaban J connectivity index is 2.40. The summed E-state index contributed by atoms with van der Waals surface area (Å²) in [6.45, 7) is 1.89. The van der Waals surface area contributed by atoms with Crippen molar-refractivity contribution in [2.45, 2.75) is 19.4 Å². The van der Waals surface area contributed by atoms with Crippen molar-refractivity contribution in [1.29, 1.82) is 0 Å². The largest absolute Gasteiger partial charge is 0.469 e. The van der Waals surface area contributed by atoms with Crippen LogP contribution in [-0.2, 0) is 11.3 Å². The Hall–Kier alpha value is -0.800. The van der Waals surface area contributed by atoms with Crippen molar-refractivity contribution in [1.82, 2.24) is 0 Å². The number of hydrogen-bond donors (Lipinski definition) is 1. The molecule has 0 bridgehead atoms. The van der Waals surface area contributed by atoms with Crippen molar-refractivity contribution in [3.8, 4) is 0 Å². The maximum Gasteiger partial charge on any atom is 0.106 e. The predicted molar refractivity (Wildman–Crippen MR) is 37.1 cm³/mol. The molecule has 0 aliphatic carbocycles. The summed E-state index contributed by atoms with van der Waals surface area (Å²) in [5, 5.41) is 0. The van der Waals surface area contributed by atoms with Gasteiger partial charge in [0.25, 0.3) is 0 Å². The summed E-state index contributed by atoms with van der Waals surface area (Å²) in [6, 6.07) is 3.74. The molecule has 0 spiro atoms. The van der Waals surface area contributed by atoms with Crippen LogP contribution in [0.25, 0.3) is 0 Å². The topological polar surface area (TPSA) is 48.4 Å². The molecule has 0 aromatic carbocycles. The van der Waals surface area contributed by atoms with Gasteiger partial charge in [0.2, 0.25) is 0 Å². The van der Waals surface area contributed by atoms with Crippen molar-refractivity contribution in [3.05, 3.63) is 24.2 Å². The number of rotatable bonds is 3. The van der Waals surface area contributed by atoms with Gasteiger partial charge < -0.3 is 9.25 Å². The van der Waals surface area contributed by atoms with Gasteiger partial charge in [0.05, 0.1) is 12.4 Å². The van der Waals surface area contributed by atoms with Crippen LogP contribution in [0, 0.1) is 0 Å². The van der Waals surface area contributed by atoms with E-state index in [-0.39, 0.29) is 6.10 Å². The summed E-state index contributed by atoms with van der Waals surface area (Å²) in [6.07, 6.45) is 2.38. The SMILES string of the molecule is CC(Cc1ccco1)ON. The van der Waals surface area contributed by atoms with E-state index in [1.807, 2.05) is 19.1 Å². The third kappa shape index (κ3) is 1.86. The van der Waals surface area contributed by atoms with Crippen LogP contribution < -0.4 is 5.90 Å². The van der Waals surface area contributed by atoms with Gasteiger partial charge in [-0.05, 0) is 19.1 Å². The predicted octanol–water partition coefficient (Wildman–Crippen LogP) is 1.10. The number of furan rings is 1. The number of nitrogens with two attached hydrogens (primary N) is 1. The highest BCUT2D eigenvalue weighted by atomic mass is 16.6. The van der Waals surface area contributed by atoms with Gasteiger partial charge in [-0.15, -0.1) is 0 Å². The lowest BCUT2D eigenvalue weighted by Gasteiger charge is -2.04. The highest BCUT2D eigenvalue weighted by Gasteiger charge is 2.02. The van der Waals surface area contributed by atoms with Gasteiger partial charge >= 0.3 is 0 Å². The summed E-state index contributed by atoms with van der Waals surface area (Å²) in [7, 11) is 0. The standard InChI is InChI=1S/C7H11NO2/c1-6(10-8)5-7-3-2-4-9-7/h2-4,6H,5,8H2,1H3. The molecule has 0 radical (unpaired) electrons. The van der Waals surface area contributed by atoms with Gasteiger partial charge in [-0.25, -0.2) is 5.90 Å². The van der Waals surface area contributed by atoms with Gasteiger partial charge in [0, 0.05) is 6.42 Å². The molecule has 1 rings (SSSR count). The van der Waals surface area contributed by atoms with E-state index >= 15 is 0 Å². The zero-order chi connectivity index (χ0) is 7.40. The third-order valence-electron chi connectivity index (χ3n) is 1.30.